The average Bonchev–Trinajstić information content (AvgIpc) is 3.36. The third-order valence-corrected chi connectivity index (χ3v) is 4.86. The third-order valence-electron chi connectivity index (χ3n) is 4.57. The maximum atomic E-state index is 13.0. The number of nitrogens with one attached hydrogen (secondary N) is 2. The van der Waals surface area contributed by atoms with E-state index in [2.05, 4.69) is 15.3 Å². The molecule has 2 heterocycles. The minimum Gasteiger partial charge on any atom is -0.453 e. The predicted molar refractivity (Wildman–Crippen MR) is 108 cm³/mol. The van der Waals surface area contributed by atoms with Gasteiger partial charge in [-0.3, -0.25) is 0 Å². The fraction of sp³-hybridized carbons (Fsp3) is 0.0952. The Balaban J connectivity index is 1.35. The van der Waals surface area contributed by atoms with Crippen LogP contribution in [-0.4, -0.2) is 16.8 Å². The Morgan fingerprint density at radius 3 is 2.65 bits per heavy atom. The summed E-state index contributed by atoms with van der Waals surface area (Å²) in [5.41, 5.74) is 0.236. The summed E-state index contributed by atoms with van der Waals surface area (Å²) < 4.78 is 55.5. The molecular weight excluding hydrogens is 435 g/mol. The number of imidazole rings is 1. The van der Waals surface area contributed by atoms with Crippen LogP contribution in [-0.2, 0) is 6.18 Å². The zero-order chi connectivity index (χ0) is 21.6. The number of aromatic amines is 1. The molecule has 0 saturated carbocycles. The Morgan fingerprint density at radius 2 is 1.87 bits per heavy atom. The molecule has 0 amide bonds. The lowest BCUT2D eigenvalue weighted by molar-refractivity contribution is -0.137. The largest absolute Gasteiger partial charge is 0.453 e. The van der Waals surface area contributed by atoms with Crippen LogP contribution < -0.4 is 19.5 Å². The number of aromatic nitrogens is 2. The van der Waals surface area contributed by atoms with Crippen LogP contribution in [0.2, 0.25) is 5.02 Å². The van der Waals surface area contributed by atoms with Gasteiger partial charge in [0.05, 0.1) is 16.1 Å². The Hall–Kier alpha value is -3.59. The van der Waals surface area contributed by atoms with Gasteiger partial charge in [-0.15, -0.1) is 0 Å². The summed E-state index contributed by atoms with van der Waals surface area (Å²) in [6.45, 7) is 0.143. The molecule has 5 rings (SSSR count). The Bertz CT molecular complexity index is 1270. The van der Waals surface area contributed by atoms with Crippen LogP contribution in [0, 0.1) is 0 Å². The number of hydrogen-bond acceptors (Lipinski definition) is 5. The molecule has 0 atom stereocenters. The molecule has 0 aliphatic carbocycles. The van der Waals surface area contributed by atoms with Gasteiger partial charge in [-0.2, -0.15) is 13.2 Å². The molecule has 0 spiro atoms. The number of para-hydroxylation sites is 1. The van der Waals surface area contributed by atoms with Crippen LogP contribution in [0.3, 0.4) is 0 Å². The highest BCUT2D eigenvalue weighted by Crippen LogP contribution is 2.42. The topological polar surface area (TPSA) is 68.4 Å². The number of benzene rings is 3. The van der Waals surface area contributed by atoms with Crippen LogP contribution in [0.5, 0.6) is 23.0 Å². The second-order valence-corrected chi connectivity index (χ2v) is 7.09. The molecule has 4 aromatic rings. The molecule has 0 saturated heterocycles. The number of nitrogens with zero attached hydrogens (tertiary/aromatic N) is 1. The van der Waals surface area contributed by atoms with Crippen molar-refractivity contribution in [1.82, 2.24) is 9.97 Å². The van der Waals surface area contributed by atoms with Crippen molar-refractivity contribution >= 4 is 34.3 Å². The molecule has 31 heavy (non-hydrogen) atoms. The minimum atomic E-state index is -4.50. The standard InChI is InChI=1S/C21H13ClF3N3O3/c22-14-8-11(21(23,24)25)9-15-18(14)28-20(27-15)26-12-4-6-13(7-5-12)31-17-3-1-2-16-19(17)30-10-29-16/h1-9H,10H2,(H2,26,27,28). The summed E-state index contributed by atoms with van der Waals surface area (Å²) in [6.07, 6.45) is -4.50. The first-order valence-corrected chi connectivity index (χ1v) is 9.45. The molecule has 10 heteroatoms. The summed E-state index contributed by atoms with van der Waals surface area (Å²) in [4.78, 5) is 7.04. The summed E-state index contributed by atoms with van der Waals surface area (Å²) >= 11 is 5.98. The summed E-state index contributed by atoms with van der Waals surface area (Å²) in [5.74, 6) is 2.52. The average molecular weight is 448 g/mol. The fourth-order valence-electron chi connectivity index (χ4n) is 3.15. The highest BCUT2D eigenvalue weighted by atomic mass is 35.5. The van der Waals surface area contributed by atoms with Crippen molar-refractivity contribution in [3.8, 4) is 23.0 Å². The van der Waals surface area contributed by atoms with E-state index in [9.17, 15) is 13.2 Å². The number of ether oxygens (including phenoxy) is 3. The number of H-pyrrole nitrogens is 1. The van der Waals surface area contributed by atoms with Crippen LogP contribution in [0.1, 0.15) is 5.56 Å². The van der Waals surface area contributed by atoms with Gasteiger partial charge in [-0.05, 0) is 48.5 Å². The SMILES string of the molecule is FC(F)(F)c1cc(Cl)c2nc(Nc3ccc(Oc4cccc5c4OCO5)cc3)[nH]c2c1. The van der Waals surface area contributed by atoms with Gasteiger partial charge in [0.15, 0.2) is 11.5 Å². The minimum absolute atomic E-state index is 0.0838. The third kappa shape index (κ3) is 3.79. The molecule has 1 aliphatic rings. The molecule has 3 aromatic carbocycles. The Labute approximate surface area is 178 Å². The van der Waals surface area contributed by atoms with Crippen molar-refractivity contribution in [2.75, 3.05) is 12.1 Å². The lowest BCUT2D eigenvalue weighted by atomic mass is 10.2. The normalized spacial score (nSPS) is 12.9. The fourth-order valence-corrected chi connectivity index (χ4v) is 3.41. The molecule has 0 radical (unpaired) electrons. The van der Waals surface area contributed by atoms with Gasteiger partial charge in [0.1, 0.15) is 11.3 Å². The van der Waals surface area contributed by atoms with E-state index in [4.69, 9.17) is 25.8 Å². The van der Waals surface area contributed by atoms with Gasteiger partial charge >= 0.3 is 6.18 Å². The van der Waals surface area contributed by atoms with Crippen LogP contribution >= 0.6 is 11.6 Å². The van der Waals surface area contributed by atoms with Crippen molar-refractivity contribution in [1.29, 1.82) is 0 Å². The van der Waals surface area contributed by atoms with Crippen LogP contribution in [0.15, 0.2) is 54.6 Å². The maximum Gasteiger partial charge on any atom is 0.416 e. The van der Waals surface area contributed by atoms with E-state index in [-0.39, 0.29) is 28.8 Å². The molecular formula is C21H13ClF3N3O3. The summed E-state index contributed by atoms with van der Waals surface area (Å²) in [5, 5.41) is 2.92. The van der Waals surface area contributed by atoms with E-state index in [1.807, 2.05) is 0 Å². The first kappa shape index (κ1) is 19.4. The molecule has 2 N–H and O–H groups in total. The zero-order valence-electron chi connectivity index (χ0n) is 15.6. The van der Waals surface area contributed by atoms with E-state index >= 15 is 0 Å². The van der Waals surface area contributed by atoms with Crippen molar-refractivity contribution in [3.05, 3.63) is 65.2 Å². The van der Waals surface area contributed by atoms with Crippen LogP contribution in [0.25, 0.3) is 11.0 Å². The zero-order valence-corrected chi connectivity index (χ0v) is 16.3. The van der Waals surface area contributed by atoms with Gasteiger partial charge < -0.3 is 24.5 Å². The molecule has 1 aliphatic heterocycles. The molecule has 0 bridgehead atoms. The number of halogens is 4. The van der Waals surface area contributed by atoms with E-state index in [0.29, 0.717) is 28.7 Å². The number of fused-ring (bicyclic) bond motifs is 2. The highest BCUT2D eigenvalue weighted by Gasteiger charge is 2.31. The molecule has 1 aromatic heterocycles. The predicted octanol–water partition coefficient (Wildman–Crippen LogP) is 6.50. The van der Waals surface area contributed by atoms with Crippen molar-refractivity contribution in [2.24, 2.45) is 0 Å². The van der Waals surface area contributed by atoms with E-state index in [1.54, 1.807) is 42.5 Å². The lowest BCUT2D eigenvalue weighted by Crippen LogP contribution is -2.04. The van der Waals surface area contributed by atoms with Gasteiger partial charge in [-0.1, -0.05) is 17.7 Å². The Morgan fingerprint density at radius 1 is 1.06 bits per heavy atom. The Kier molecular flexibility index (Phi) is 4.55. The second kappa shape index (κ2) is 7.28. The van der Waals surface area contributed by atoms with E-state index in [0.717, 1.165) is 12.1 Å². The summed E-state index contributed by atoms with van der Waals surface area (Å²) in [6, 6.07) is 14.1. The number of alkyl halides is 3. The molecule has 158 valence electrons. The van der Waals surface area contributed by atoms with Crippen molar-refractivity contribution < 1.29 is 27.4 Å². The smallest absolute Gasteiger partial charge is 0.416 e. The maximum absolute atomic E-state index is 13.0. The quantitative estimate of drug-likeness (QED) is 0.374. The molecule has 6 nitrogen and oxygen atoms in total. The van der Waals surface area contributed by atoms with Gasteiger partial charge in [-0.25, -0.2) is 4.98 Å². The second-order valence-electron chi connectivity index (χ2n) is 6.68. The van der Waals surface area contributed by atoms with Gasteiger partial charge in [0.25, 0.3) is 0 Å². The molecule has 0 unspecified atom stereocenters. The van der Waals surface area contributed by atoms with E-state index < -0.39 is 11.7 Å². The number of anilines is 2. The first-order chi connectivity index (χ1) is 14.9. The summed E-state index contributed by atoms with van der Waals surface area (Å²) in [7, 11) is 0. The highest BCUT2D eigenvalue weighted by molar-refractivity contribution is 6.35. The monoisotopic (exact) mass is 447 g/mol. The first-order valence-electron chi connectivity index (χ1n) is 9.07. The van der Waals surface area contributed by atoms with Crippen LogP contribution in [0.4, 0.5) is 24.8 Å². The van der Waals surface area contributed by atoms with Gasteiger partial charge in [0.2, 0.25) is 18.5 Å². The lowest BCUT2D eigenvalue weighted by Gasteiger charge is -2.09. The van der Waals surface area contributed by atoms with Crippen molar-refractivity contribution in [2.45, 2.75) is 6.18 Å². The molecule has 0 fully saturated rings. The number of hydrogen-bond donors (Lipinski definition) is 2. The van der Waals surface area contributed by atoms with E-state index in [1.165, 1.54) is 0 Å². The van der Waals surface area contributed by atoms with Crippen molar-refractivity contribution in [3.63, 3.8) is 0 Å². The number of rotatable bonds is 4. The van der Waals surface area contributed by atoms with Gasteiger partial charge in [0, 0.05) is 5.69 Å².